The fraction of sp³-hybridized carbons (Fsp3) is 0.308. The molecule has 1 amide bonds. The zero-order valence-corrected chi connectivity index (χ0v) is 13.2. The van der Waals surface area contributed by atoms with Crippen molar-refractivity contribution in [1.29, 1.82) is 0 Å². The summed E-state index contributed by atoms with van der Waals surface area (Å²) in [5.41, 5.74) is 8.87. The summed E-state index contributed by atoms with van der Waals surface area (Å²) in [6, 6.07) is 1.89. The number of carbonyl (C=O) groups is 1. The molecule has 6 nitrogen and oxygen atoms in total. The van der Waals surface area contributed by atoms with Crippen LogP contribution in [0.3, 0.4) is 0 Å². The van der Waals surface area contributed by atoms with Gasteiger partial charge in [-0.15, -0.1) is 0 Å². The van der Waals surface area contributed by atoms with Crippen LogP contribution >= 0.6 is 15.9 Å². The van der Waals surface area contributed by atoms with Gasteiger partial charge < -0.3 is 11.1 Å². The number of aromatic nitrogens is 3. The lowest BCUT2D eigenvalue weighted by atomic mass is 10.3. The second kappa shape index (κ2) is 5.62. The van der Waals surface area contributed by atoms with Crippen molar-refractivity contribution in [2.24, 2.45) is 0 Å². The molecule has 2 aromatic heterocycles. The quantitative estimate of drug-likeness (QED) is 0.898. The van der Waals surface area contributed by atoms with Crippen molar-refractivity contribution in [3.05, 3.63) is 33.7 Å². The van der Waals surface area contributed by atoms with E-state index in [4.69, 9.17) is 5.73 Å². The highest BCUT2D eigenvalue weighted by Crippen LogP contribution is 2.17. The topological polar surface area (TPSA) is 85.8 Å². The number of nitrogens with one attached hydrogen (secondary N) is 1. The maximum Gasteiger partial charge on any atom is 0.247 e. The SMILES string of the molecule is Cc1cc(Br)cnc1NC(=O)Cn1nc(C)c(N)c1C. The number of anilines is 2. The lowest BCUT2D eigenvalue weighted by Gasteiger charge is -2.08. The van der Waals surface area contributed by atoms with Crippen molar-refractivity contribution in [1.82, 2.24) is 14.8 Å². The van der Waals surface area contributed by atoms with Crippen LogP contribution in [-0.2, 0) is 11.3 Å². The lowest BCUT2D eigenvalue weighted by Crippen LogP contribution is -2.21. The van der Waals surface area contributed by atoms with Crippen LogP contribution in [0.25, 0.3) is 0 Å². The Labute approximate surface area is 125 Å². The van der Waals surface area contributed by atoms with Crippen LogP contribution in [0.15, 0.2) is 16.7 Å². The van der Waals surface area contributed by atoms with E-state index < -0.39 is 0 Å². The van der Waals surface area contributed by atoms with Crippen molar-refractivity contribution in [2.45, 2.75) is 27.3 Å². The van der Waals surface area contributed by atoms with Crippen molar-refractivity contribution in [3.8, 4) is 0 Å². The highest BCUT2D eigenvalue weighted by molar-refractivity contribution is 9.10. The molecule has 0 fully saturated rings. The van der Waals surface area contributed by atoms with E-state index >= 15 is 0 Å². The molecular weight excluding hydrogens is 322 g/mol. The van der Waals surface area contributed by atoms with Crippen molar-refractivity contribution >= 4 is 33.3 Å². The highest BCUT2D eigenvalue weighted by atomic mass is 79.9. The molecular formula is C13H16BrN5O. The molecule has 0 atom stereocenters. The molecule has 0 saturated heterocycles. The number of rotatable bonds is 3. The monoisotopic (exact) mass is 337 g/mol. The van der Waals surface area contributed by atoms with Crippen LogP contribution < -0.4 is 11.1 Å². The van der Waals surface area contributed by atoms with Gasteiger partial charge >= 0.3 is 0 Å². The van der Waals surface area contributed by atoms with Gasteiger partial charge in [0, 0.05) is 10.7 Å². The van der Waals surface area contributed by atoms with Gasteiger partial charge in [-0.3, -0.25) is 9.48 Å². The molecule has 0 spiro atoms. The minimum atomic E-state index is -0.187. The molecule has 0 aromatic carbocycles. The van der Waals surface area contributed by atoms with Crippen LogP contribution in [0.1, 0.15) is 17.0 Å². The molecule has 0 aliphatic rings. The largest absolute Gasteiger partial charge is 0.396 e. The summed E-state index contributed by atoms with van der Waals surface area (Å²) >= 11 is 3.33. The lowest BCUT2D eigenvalue weighted by molar-refractivity contribution is -0.117. The molecule has 2 heterocycles. The van der Waals surface area contributed by atoms with Crippen molar-refractivity contribution in [3.63, 3.8) is 0 Å². The van der Waals surface area contributed by atoms with Crippen LogP contribution in [0.2, 0.25) is 0 Å². The first-order valence-electron chi connectivity index (χ1n) is 6.10. The maximum absolute atomic E-state index is 12.0. The first kappa shape index (κ1) is 14.5. The summed E-state index contributed by atoms with van der Waals surface area (Å²) in [6.45, 7) is 5.65. The van der Waals surface area contributed by atoms with Crippen LogP contribution in [-0.4, -0.2) is 20.7 Å². The molecule has 2 aromatic rings. The minimum absolute atomic E-state index is 0.112. The first-order chi connectivity index (χ1) is 9.38. The molecule has 20 heavy (non-hydrogen) atoms. The predicted molar refractivity (Wildman–Crippen MR) is 81.4 cm³/mol. The van der Waals surface area contributed by atoms with Gasteiger partial charge in [-0.1, -0.05) is 0 Å². The standard InChI is InChI=1S/C13H16BrN5O/c1-7-4-10(14)5-16-13(7)17-11(20)6-19-9(3)12(15)8(2)18-19/h4-5H,6,15H2,1-3H3,(H,16,17,20). The number of pyridine rings is 1. The van der Waals surface area contributed by atoms with E-state index in [1.807, 2.05) is 26.8 Å². The van der Waals surface area contributed by atoms with E-state index in [1.54, 1.807) is 10.9 Å². The maximum atomic E-state index is 12.0. The molecule has 0 aliphatic heterocycles. The number of nitrogen functional groups attached to an aromatic ring is 1. The Morgan fingerprint density at radius 3 is 2.70 bits per heavy atom. The summed E-state index contributed by atoms with van der Waals surface area (Å²) in [5.74, 6) is 0.362. The molecule has 0 unspecified atom stereocenters. The van der Waals surface area contributed by atoms with Gasteiger partial charge in [-0.05, 0) is 48.3 Å². The average molecular weight is 338 g/mol. The fourth-order valence-electron chi connectivity index (χ4n) is 1.84. The Morgan fingerprint density at radius 2 is 2.15 bits per heavy atom. The fourth-order valence-corrected chi connectivity index (χ4v) is 2.29. The number of nitrogens with zero attached hydrogens (tertiary/aromatic N) is 3. The van der Waals surface area contributed by atoms with Gasteiger partial charge in [0.2, 0.25) is 5.91 Å². The Morgan fingerprint density at radius 1 is 1.45 bits per heavy atom. The van der Waals surface area contributed by atoms with Crippen LogP contribution in [0.5, 0.6) is 0 Å². The molecule has 0 radical (unpaired) electrons. The molecule has 0 aliphatic carbocycles. The van der Waals surface area contributed by atoms with Crippen molar-refractivity contribution in [2.75, 3.05) is 11.1 Å². The van der Waals surface area contributed by atoms with Gasteiger partial charge in [0.05, 0.1) is 17.1 Å². The summed E-state index contributed by atoms with van der Waals surface area (Å²) in [6.07, 6.45) is 1.64. The summed E-state index contributed by atoms with van der Waals surface area (Å²) in [4.78, 5) is 16.2. The van der Waals surface area contributed by atoms with E-state index in [0.717, 1.165) is 21.4 Å². The minimum Gasteiger partial charge on any atom is -0.396 e. The van der Waals surface area contributed by atoms with Crippen molar-refractivity contribution < 1.29 is 4.79 Å². The number of hydrogen-bond donors (Lipinski definition) is 2. The smallest absolute Gasteiger partial charge is 0.247 e. The molecule has 0 bridgehead atoms. The van der Waals surface area contributed by atoms with Crippen LogP contribution in [0, 0.1) is 20.8 Å². The van der Waals surface area contributed by atoms with Gasteiger partial charge in [0.1, 0.15) is 12.4 Å². The third-order valence-corrected chi connectivity index (χ3v) is 3.47. The molecule has 106 valence electrons. The van der Waals surface area contributed by atoms with Gasteiger partial charge in [0.15, 0.2) is 0 Å². The summed E-state index contributed by atoms with van der Waals surface area (Å²) in [5, 5.41) is 7.00. The van der Waals surface area contributed by atoms with E-state index in [1.165, 1.54) is 0 Å². The summed E-state index contributed by atoms with van der Waals surface area (Å²) < 4.78 is 2.47. The molecule has 0 saturated carbocycles. The molecule has 2 rings (SSSR count). The van der Waals surface area contributed by atoms with E-state index in [-0.39, 0.29) is 12.5 Å². The van der Waals surface area contributed by atoms with Gasteiger partial charge in [-0.25, -0.2) is 4.98 Å². The second-order valence-electron chi connectivity index (χ2n) is 4.61. The number of hydrogen-bond acceptors (Lipinski definition) is 4. The van der Waals surface area contributed by atoms with E-state index in [2.05, 4.69) is 31.3 Å². The molecule has 3 N–H and O–H groups in total. The number of halogens is 1. The normalized spacial score (nSPS) is 10.6. The zero-order chi connectivity index (χ0) is 14.9. The average Bonchev–Trinajstić information content (AvgIpc) is 2.61. The van der Waals surface area contributed by atoms with E-state index in [0.29, 0.717) is 11.5 Å². The zero-order valence-electron chi connectivity index (χ0n) is 11.6. The third kappa shape index (κ3) is 2.98. The Bertz CT molecular complexity index is 665. The number of amides is 1. The van der Waals surface area contributed by atoms with E-state index in [9.17, 15) is 4.79 Å². The third-order valence-electron chi connectivity index (χ3n) is 3.03. The highest BCUT2D eigenvalue weighted by Gasteiger charge is 2.12. The second-order valence-corrected chi connectivity index (χ2v) is 5.53. The molecule has 7 heteroatoms. The van der Waals surface area contributed by atoms with Crippen LogP contribution in [0.4, 0.5) is 11.5 Å². The number of nitrogens with two attached hydrogens (primary N) is 1. The summed E-state index contributed by atoms with van der Waals surface area (Å²) in [7, 11) is 0. The number of aryl methyl sites for hydroxylation is 2. The Hall–Kier alpha value is -1.89. The number of carbonyl (C=O) groups excluding carboxylic acids is 1. The Kier molecular flexibility index (Phi) is 4.08. The van der Waals surface area contributed by atoms with Gasteiger partial charge in [0.25, 0.3) is 0 Å². The van der Waals surface area contributed by atoms with Gasteiger partial charge in [-0.2, -0.15) is 5.10 Å². The first-order valence-corrected chi connectivity index (χ1v) is 6.89. The predicted octanol–water partition coefficient (Wildman–Crippen LogP) is 2.19. The Balaban J connectivity index is 2.11.